The van der Waals surface area contributed by atoms with Gasteiger partial charge in [0, 0.05) is 25.7 Å². The molecule has 0 saturated carbocycles. The van der Waals surface area contributed by atoms with Gasteiger partial charge in [0.05, 0.1) is 5.54 Å². The highest BCUT2D eigenvalue weighted by molar-refractivity contribution is 5.10. The monoisotopic (exact) mass is 206 g/mol. The summed E-state index contributed by atoms with van der Waals surface area (Å²) in [6, 6.07) is 0.764. The minimum atomic E-state index is -0.0659. The summed E-state index contributed by atoms with van der Waals surface area (Å²) in [6.45, 7) is 9.12. The van der Waals surface area contributed by atoms with Gasteiger partial charge in [0.15, 0.2) is 0 Å². The van der Waals surface area contributed by atoms with E-state index in [2.05, 4.69) is 29.6 Å². The van der Waals surface area contributed by atoms with Crippen LogP contribution in [-0.4, -0.2) is 47.6 Å². The first-order valence-electron chi connectivity index (χ1n) is 6.10. The van der Waals surface area contributed by atoms with Crippen LogP contribution in [0.2, 0.25) is 0 Å². The first-order chi connectivity index (χ1) is 7.13. The van der Waals surface area contributed by atoms with Gasteiger partial charge in [-0.3, -0.25) is 9.80 Å². The van der Waals surface area contributed by atoms with E-state index < -0.39 is 0 Å². The Hall–Kier alpha value is -0.520. The normalized spacial score (nSPS) is 29.5. The molecule has 2 nitrogen and oxygen atoms in total. The van der Waals surface area contributed by atoms with Crippen LogP contribution in [0, 0.1) is 12.3 Å². The van der Waals surface area contributed by atoms with Crippen molar-refractivity contribution in [2.24, 2.45) is 0 Å². The summed E-state index contributed by atoms with van der Waals surface area (Å²) in [5.41, 5.74) is -0.0659. The minimum Gasteiger partial charge on any atom is -0.298 e. The number of piperidine rings is 1. The van der Waals surface area contributed by atoms with Crippen LogP contribution in [0.15, 0.2) is 0 Å². The van der Waals surface area contributed by atoms with Crippen molar-refractivity contribution in [2.45, 2.75) is 44.7 Å². The van der Waals surface area contributed by atoms with Gasteiger partial charge in [-0.25, -0.2) is 0 Å². The molecule has 2 heterocycles. The smallest absolute Gasteiger partial charge is 0.0767 e. The Morgan fingerprint density at radius 1 is 1.20 bits per heavy atom. The molecule has 0 bridgehead atoms. The highest BCUT2D eigenvalue weighted by Gasteiger charge is 2.34. The topological polar surface area (TPSA) is 6.48 Å². The highest BCUT2D eigenvalue weighted by atomic mass is 15.3. The van der Waals surface area contributed by atoms with Gasteiger partial charge < -0.3 is 0 Å². The lowest BCUT2D eigenvalue weighted by atomic mass is 9.95. The molecule has 0 aromatic rings. The van der Waals surface area contributed by atoms with Crippen molar-refractivity contribution < 1.29 is 0 Å². The van der Waals surface area contributed by atoms with E-state index in [0.717, 1.165) is 19.1 Å². The Bertz CT molecular complexity index is 264. The van der Waals surface area contributed by atoms with Crippen molar-refractivity contribution in [1.82, 2.24) is 9.80 Å². The zero-order valence-electron chi connectivity index (χ0n) is 10.00. The number of nitrogens with zero attached hydrogens (tertiary/aromatic N) is 2. The molecule has 0 aromatic carbocycles. The number of terminal acetylenes is 1. The average molecular weight is 206 g/mol. The molecular weight excluding hydrogens is 184 g/mol. The molecule has 0 aliphatic carbocycles. The van der Waals surface area contributed by atoms with Crippen LogP contribution in [0.4, 0.5) is 0 Å². The maximum absolute atomic E-state index is 5.60. The maximum atomic E-state index is 5.60. The minimum absolute atomic E-state index is 0.0659. The molecule has 1 unspecified atom stereocenters. The van der Waals surface area contributed by atoms with Gasteiger partial charge in [-0.2, -0.15) is 0 Å². The third-order valence-corrected chi connectivity index (χ3v) is 3.98. The molecular formula is C13H22N2. The summed E-state index contributed by atoms with van der Waals surface area (Å²) in [5.74, 6) is 2.91. The summed E-state index contributed by atoms with van der Waals surface area (Å²) in [6.07, 6.45) is 9.74. The van der Waals surface area contributed by atoms with Crippen molar-refractivity contribution in [3.05, 3.63) is 0 Å². The van der Waals surface area contributed by atoms with Crippen molar-refractivity contribution in [3.63, 3.8) is 0 Å². The van der Waals surface area contributed by atoms with Crippen LogP contribution in [0.5, 0.6) is 0 Å². The summed E-state index contributed by atoms with van der Waals surface area (Å²) in [7, 11) is 0. The van der Waals surface area contributed by atoms with E-state index in [9.17, 15) is 0 Å². The van der Waals surface area contributed by atoms with E-state index in [0.29, 0.717) is 0 Å². The molecule has 0 radical (unpaired) electrons. The third-order valence-electron chi connectivity index (χ3n) is 3.98. The lowest BCUT2D eigenvalue weighted by Crippen LogP contribution is -2.59. The van der Waals surface area contributed by atoms with Gasteiger partial charge in [-0.15, -0.1) is 6.42 Å². The van der Waals surface area contributed by atoms with Crippen molar-refractivity contribution in [2.75, 3.05) is 26.2 Å². The standard InChI is InChI=1S/C13H22N2/c1-4-13(2,3)15-10-9-14-8-6-5-7-12(14)11-15/h1,12H,5-11H2,2-3H3. The van der Waals surface area contributed by atoms with E-state index in [1.807, 2.05) is 0 Å². The number of hydrogen-bond donors (Lipinski definition) is 0. The van der Waals surface area contributed by atoms with Crippen LogP contribution in [-0.2, 0) is 0 Å². The molecule has 2 aliphatic heterocycles. The van der Waals surface area contributed by atoms with E-state index in [4.69, 9.17) is 6.42 Å². The Balaban J connectivity index is 2.00. The summed E-state index contributed by atoms with van der Waals surface area (Å²) in [4.78, 5) is 5.12. The molecule has 0 aromatic heterocycles. The largest absolute Gasteiger partial charge is 0.298 e. The Morgan fingerprint density at radius 3 is 2.73 bits per heavy atom. The van der Waals surface area contributed by atoms with Gasteiger partial charge in [-0.1, -0.05) is 12.3 Å². The Labute approximate surface area is 93.6 Å². The quantitative estimate of drug-likeness (QED) is 0.601. The summed E-state index contributed by atoms with van der Waals surface area (Å²) >= 11 is 0. The zero-order chi connectivity index (χ0) is 10.9. The van der Waals surface area contributed by atoms with Crippen molar-refractivity contribution in [3.8, 4) is 12.3 Å². The lowest BCUT2D eigenvalue weighted by molar-refractivity contribution is 0.0177. The van der Waals surface area contributed by atoms with Crippen molar-refractivity contribution in [1.29, 1.82) is 0 Å². The fraction of sp³-hybridized carbons (Fsp3) is 0.846. The van der Waals surface area contributed by atoms with Crippen LogP contribution in [0.25, 0.3) is 0 Å². The van der Waals surface area contributed by atoms with Gasteiger partial charge in [-0.05, 0) is 33.2 Å². The molecule has 0 amide bonds. The molecule has 15 heavy (non-hydrogen) atoms. The van der Waals surface area contributed by atoms with Gasteiger partial charge in [0.1, 0.15) is 0 Å². The second kappa shape index (κ2) is 4.15. The summed E-state index contributed by atoms with van der Waals surface area (Å²) < 4.78 is 0. The van der Waals surface area contributed by atoms with E-state index in [-0.39, 0.29) is 5.54 Å². The predicted molar refractivity (Wildman–Crippen MR) is 63.7 cm³/mol. The molecule has 0 spiro atoms. The number of piperazine rings is 1. The fourth-order valence-electron chi connectivity index (χ4n) is 2.75. The zero-order valence-corrected chi connectivity index (χ0v) is 10.00. The second-order valence-corrected chi connectivity index (χ2v) is 5.33. The first kappa shape index (κ1) is 11.0. The van der Waals surface area contributed by atoms with Crippen LogP contribution >= 0.6 is 0 Å². The molecule has 2 saturated heterocycles. The number of rotatable bonds is 1. The lowest BCUT2D eigenvalue weighted by Gasteiger charge is -2.48. The van der Waals surface area contributed by atoms with Crippen LogP contribution < -0.4 is 0 Å². The molecule has 2 rings (SSSR count). The van der Waals surface area contributed by atoms with E-state index in [1.54, 1.807) is 0 Å². The Kier molecular flexibility index (Phi) is 3.04. The third kappa shape index (κ3) is 2.19. The first-order valence-corrected chi connectivity index (χ1v) is 6.10. The Morgan fingerprint density at radius 2 is 2.00 bits per heavy atom. The van der Waals surface area contributed by atoms with Gasteiger partial charge >= 0.3 is 0 Å². The maximum Gasteiger partial charge on any atom is 0.0767 e. The molecule has 1 atom stereocenters. The predicted octanol–water partition coefficient (Wildman–Crippen LogP) is 1.57. The number of hydrogen-bond acceptors (Lipinski definition) is 2. The van der Waals surface area contributed by atoms with E-state index in [1.165, 1.54) is 32.4 Å². The second-order valence-electron chi connectivity index (χ2n) is 5.33. The number of fused-ring (bicyclic) bond motifs is 1. The van der Waals surface area contributed by atoms with Gasteiger partial charge in [0.25, 0.3) is 0 Å². The SMILES string of the molecule is C#CC(C)(C)N1CCN2CCCCC2C1. The van der Waals surface area contributed by atoms with E-state index >= 15 is 0 Å². The average Bonchev–Trinajstić information content (AvgIpc) is 2.28. The fourth-order valence-corrected chi connectivity index (χ4v) is 2.75. The molecule has 2 heteroatoms. The molecule has 2 aliphatic rings. The van der Waals surface area contributed by atoms with Gasteiger partial charge in [0.2, 0.25) is 0 Å². The van der Waals surface area contributed by atoms with Crippen LogP contribution in [0.1, 0.15) is 33.1 Å². The van der Waals surface area contributed by atoms with Crippen molar-refractivity contribution >= 4 is 0 Å². The molecule has 2 fully saturated rings. The molecule has 84 valence electrons. The van der Waals surface area contributed by atoms with Crippen LogP contribution in [0.3, 0.4) is 0 Å². The molecule has 0 N–H and O–H groups in total. The summed E-state index contributed by atoms with van der Waals surface area (Å²) in [5, 5.41) is 0. The highest BCUT2D eigenvalue weighted by Crippen LogP contribution is 2.25.